The molecule has 2 atom stereocenters. The van der Waals surface area contributed by atoms with Crippen molar-refractivity contribution in [2.24, 2.45) is 5.73 Å². The van der Waals surface area contributed by atoms with Crippen LogP contribution in [0.1, 0.15) is 30.4 Å². The van der Waals surface area contributed by atoms with Crippen LogP contribution in [0.2, 0.25) is 10.0 Å². The summed E-state index contributed by atoms with van der Waals surface area (Å²) in [5.41, 5.74) is 8.76. The van der Waals surface area contributed by atoms with Crippen LogP contribution in [0.3, 0.4) is 0 Å². The van der Waals surface area contributed by atoms with Gasteiger partial charge in [0.1, 0.15) is 18.0 Å². The van der Waals surface area contributed by atoms with Crippen LogP contribution < -0.4 is 15.5 Å². The van der Waals surface area contributed by atoms with E-state index < -0.39 is 0 Å². The number of fused-ring (bicyclic) bond motifs is 1. The molecule has 0 spiro atoms. The molecule has 2 saturated heterocycles. The van der Waals surface area contributed by atoms with Crippen molar-refractivity contribution in [3.8, 4) is 0 Å². The Bertz CT molecular complexity index is 955. The number of benzene rings is 1. The number of nitrogens with two attached hydrogens (primary N) is 1. The molecule has 9 heteroatoms. The fourth-order valence-corrected chi connectivity index (χ4v) is 5.11. The second-order valence-electron chi connectivity index (χ2n) is 8.31. The highest BCUT2D eigenvalue weighted by molar-refractivity contribution is 6.42. The van der Waals surface area contributed by atoms with Gasteiger partial charge in [-0.05, 0) is 36.1 Å². The molecule has 2 N–H and O–H groups in total. The average Bonchev–Trinajstić information content (AvgIpc) is 3.32. The van der Waals surface area contributed by atoms with Crippen LogP contribution >= 0.6 is 23.2 Å². The van der Waals surface area contributed by atoms with E-state index >= 15 is 0 Å². The molecule has 30 heavy (non-hydrogen) atoms. The average molecular weight is 447 g/mol. The first-order valence-electron chi connectivity index (χ1n) is 10.3. The summed E-state index contributed by atoms with van der Waals surface area (Å²) in [6.07, 6.45) is 4.25. The molecule has 0 bridgehead atoms. The van der Waals surface area contributed by atoms with E-state index in [0.29, 0.717) is 29.6 Å². The van der Waals surface area contributed by atoms with Gasteiger partial charge in [0.2, 0.25) is 5.91 Å². The molecule has 1 amide bonds. The maximum Gasteiger partial charge on any atom is 0.222 e. The number of rotatable bonds is 3. The molecule has 0 aliphatic carbocycles. The highest BCUT2D eigenvalue weighted by atomic mass is 35.5. The maximum atomic E-state index is 12.4. The summed E-state index contributed by atoms with van der Waals surface area (Å²) in [6, 6.07) is 5.83. The molecule has 3 aliphatic heterocycles. The summed E-state index contributed by atoms with van der Waals surface area (Å²) >= 11 is 12.4. The van der Waals surface area contributed by atoms with Gasteiger partial charge in [-0.15, -0.1) is 0 Å². The Balaban J connectivity index is 1.33. The Morgan fingerprint density at radius 2 is 1.60 bits per heavy atom. The normalized spacial score (nSPS) is 24.0. The predicted octanol–water partition coefficient (Wildman–Crippen LogP) is 2.83. The zero-order valence-corrected chi connectivity index (χ0v) is 18.1. The molecule has 2 fully saturated rings. The van der Waals surface area contributed by atoms with Crippen LogP contribution in [0.5, 0.6) is 0 Å². The molecule has 7 nitrogen and oxygen atoms in total. The van der Waals surface area contributed by atoms with E-state index in [1.54, 1.807) is 6.33 Å². The van der Waals surface area contributed by atoms with Crippen molar-refractivity contribution in [2.45, 2.75) is 44.4 Å². The SMILES string of the molecule is NC1CN(c2cc(N3Cc4cc(Cl)c(Cl)cc4C3)ncn2)CC1N1CCCCC1=O. The zero-order chi connectivity index (χ0) is 20.8. The first-order chi connectivity index (χ1) is 14.5. The lowest BCUT2D eigenvalue weighted by Crippen LogP contribution is -2.51. The number of anilines is 2. The quantitative estimate of drug-likeness (QED) is 0.780. The van der Waals surface area contributed by atoms with Crippen molar-refractivity contribution in [3.05, 3.63) is 45.7 Å². The molecule has 2 aromatic rings. The van der Waals surface area contributed by atoms with Crippen LogP contribution in [0, 0.1) is 0 Å². The van der Waals surface area contributed by atoms with Crippen LogP contribution in [0.4, 0.5) is 11.6 Å². The predicted molar refractivity (Wildman–Crippen MR) is 118 cm³/mol. The van der Waals surface area contributed by atoms with Gasteiger partial charge < -0.3 is 20.4 Å². The van der Waals surface area contributed by atoms with Gasteiger partial charge in [0.25, 0.3) is 0 Å². The van der Waals surface area contributed by atoms with Crippen LogP contribution in [0.25, 0.3) is 0 Å². The summed E-state index contributed by atoms with van der Waals surface area (Å²) in [7, 11) is 0. The van der Waals surface area contributed by atoms with Gasteiger partial charge in [-0.25, -0.2) is 9.97 Å². The van der Waals surface area contributed by atoms with E-state index in [1.807, 2.05) is 23.1 Å². The minimum absolute atomic E-state index is 0.0385. The van der Waals surface area contributed by atoms with Crippen molar-refractivity contribution in [2.75, 3.05) is 29.4 Å². The van der Waals surface area contributed by atoms with Crippen molar-refractivity contribution < 1.29 is 4.79 Å². The lowest BCUT2D eigenvalue weighted by Gasteiger charge is -2.34. The maximum absolute atomic E-state index is 12.4. The summed E-state index contributed by atoms with van der Waals surface area (Å²) in [4.78, 5) is 27.7. The fourth-order valence-electron chi connectivity index (χ4n) is 4.74. The summed E-state index contributed by atoms with van der Waals surface area (Å²) in [5, 5.41) is 1.15. The number of piperidine rings is 1. The fraction of sp³-hybridized carbons (Fsp3) is 0.476. The van der Waals surface area contributed by atoms with Crippen LogP contribution in [-0.2, 0) is 17.9 Å². The van der Waals surface area contributed by atoms with Gasteiger partial charge in [0, 0.05) is 51.3 Å². The van der Waals surface area contributed by atoms with Gasteiger partial charge in [0.05, 0.1) is 16.1 Å². The van der Waals surface area contributed by atoms with Gasteiger partial charge in [0.15, 0.2) is 0 Å². The van der Waals surface area contributed by atoms with Crippen molar-refractivity contribution in [3.63, 3.8) is 0 Å². The number of carbonyl (C=O) groups excluding carboxylic acids is 1. The second-order valence-corrected chi connectivity index (χ2v) is 9.12. The summed E-state index contributed by atoms with van der Waals surface area (Å²) in [6.45, 7) is 3.64. The standard InChI is InChI=1S/C21H24Cl2N6O/c22-15-5-13-8-27(9-14(13)6-16(15)23)19-7-20(26-12-25-19)28-10-17(24)18(11-28)29-4-2-1-3-21(29)30/h5-7,12,17-18H,1-4,8-11,24H2. The number of amides is 1. The van der Waals surface area contributed by atoms with Gasteiger partial charge in [-0.3, -0.25) is 4.79 Å². The Morgan fingerprint density at radius 3 is 2.27 bits per heavy atom. The van der Waals surface area contributed by atoms with Crippen molar-refractivity contribution in [1.82, 2.24) is 14.9 Å². The summed E-state index contributed by atoms with van der Waals surface area (Å²) < 4.78 is 0. The van der Waals surface area contributed by atoms with Crippen molar-refractivity contribution in [1.29, 1.82) is 0 Å². The van der Waals surface area contributed by atoms with Crippen LogP contribution in [-0.4, -0.2) is 52.5 Å². The number of nitrogens with zero attached hydrogens (tertiary/aromatic N) is 5. The lowest BCUT2D eigenvalue weighted by molar-refractivity contribution is -0.135. The monoisotopic (exact) mass is 446 g/mol. The number of aromatic nitrogens is 2. The number of hydrogen-bond donors (Lipinski definition) is 1. The lowest BCUT2D eigenvalue weighted by atomic mass is 10.1. The number of carbonyl (C=O) groups is 1. The third kappa shape index (κ3) is 3.59. The minimum Gasteiger partial charge on any atom is -0.353 e. The van der Waals surface area contributed by atoms with E-state index in [2.05, 4.69) is 19.8 Å². The third-order valence-electron chi connectivity index (χ3n) is 6.34. The first-order valence-corrected chi connectivity index (χ1v) is 11.1. The summed E-state index contributed by atoms with van der Waals surface area (Å²) in [5.74, 6) is 1.92. The topological polar surface area (TPSA) is 78.6 Å². The van der Waals surface area contributed by atoms with Crippen molar-refractivity contribution >= 4 is 40.7 Å². The Labute approximate surface area is 185 Å². The Morgan fingerprint density at radius 1 is 0.933 bits per heavy atom. The third-order valence-corrected chi connectivity index (χ3v) is 7.07. The molecule has 0 saturated carbocycles. The molecular weight excluding hydrogens is 423 g/mol. The number of hydrogen-bond acceptors (Lipinski definition) is 6. The molecule has 1 aromatic heterocycles. The van der Waals surface area contributed by atoms with Crippen LogP contribution in [0.15, 0.2) is 24.5 Å². The molecular formula is C21H24Cl2N6O. The van der Waals surface area contributed by atoms with E-state index in [1.165, 1.54) is 0 Å². The zero-order valence-electron chi connectivity index (χ0n) is 16.6. The van der Waals surface area contributed by atoms with E-state index in [4.69, 9.17) is 28.9 Å². The van der Waals surface area contributed by atoms with Gasteiger partial charge >= 0.3 is 0 Å². The smallest absolute Gasteiger partial charge is 0.222 e. The molecule has 5 rings (SSSR count). The molecule has 0 radical (unpaired) electrons. The first kappa shape index (κ1) is 19.8. The largest absolute Gasteiger partial charge is 0.353 e. The minimum atomic E-state index is -0.0780. The van der Waals surface area contributed by atoms with E-state index in [-0.39, 0.29) is 18.0 Å². The Hall–Kier alpha value is -2.09. The van der Waals surface area contributed by atoms with Gasteiger partial charge in [-0.2, -0.15) is 0 Å². The molecule has 3 aliphatic rings. The number of likely N-dealkylation sites (tertiary alicyclic amines) is 1. The van der Waals surface area contributed by atoms with E-state index in [9.17, 15) is 4.79 Å². The Kier molecular flexibility index (Phi) is 5.21. The van der Waals surface area contributed by atoms with Gasteiger partial charge in [-0.1, -0.05) is 23.2 Å². The highest BCUT2D eigenvalue weighted by Crippen LogP contribution is 2.34. The molecule has 2 unspecified atom stereocenters. The second kappa shape index (κ2) is 7.87. The molecule has 158 valence electrons. The van der Waals surface area contributed by atoms with E-state index in [0.717, 1.165) is 55.2 Å². The number of halogens is 2. The molecule has 1 aromatic carbocycles. The highest BCUT2D eigenvalue weighted by Gasteiger charge is 2.38. The molecule has 4 heterocycles.